The summed E-state index contributed by atoms with van der Waals surface area (Å²) in [4.78, 5) is 6.53. The van der Waals surface area contributed by atoms with Crippen molar-refractivity contribution in [3.05, 3.63) is 70.3 Å². The van der Waals surface area contributed by atoms with Gasteiger partial charge in [-0.1, -0.05) is 45.4 Å². The van der Waals surface area contributed by atoms with Crippen LogP contribution in [0, 0.1) is 5.82 Å². The number of rotatable bonds is 5. The Morgan fingerprint density at radius 1 is 1.21 bits per heavy atom. The number of benzene rings is 2. The summed E-state index contributed by atoms with van der Waals surface area (Å²) in [6.07, 6.45) is 0. The Morgan fingerprint density at radius 2 is 1.96 bits per heavy atom. The van der Waals surface area contributed by atoms with Crippen LogP contribution in [-0.2, 0) is 6.54 Å². The second-order valence-electron chi connectivity index (χ2n) is 5.66. The molecule has 0 amide bonds. The Morgan fingerprint density at radius 3 is 2.67 bits per heavy atom. The minimum atomic E-state index is -0.232. The van der Waals surface area contributed by atoms with Crippen molar-refractivity contribution in [2.24, 2.45) is 0 Å². The molecule has 0 fully saturated rings. The van der Waals surface area contributed by atoms with Crippen LogP contribution in [0.4, 0.5) is 4.39 Å². The lowest BCUT2D eigenvalue weighted by molar-refractivity contribution is 0.216. The van der Waals surface area contributed by atoms with E-state index in [1.807, 2.05) is 31.3 Å². The number of halogens is 2. The molecule has 0 spiro atoms. The van der Waals surface area contributed by atoms with Crippen LogP contribution in [0.25, 0.3) is 11.4 Å². The molecule has 2 aromatic carbocycles. The third-order valence-electron chi connectivity index (χ3n) is 3.95. The van der Waals surface area contributed by atoms with Crippen molar-refractivity contribution in [3.63, 3.8) is 0 Å². The van der Waals surface area contributed by atoms with Gasteiger partial charge in [0.05, 0.1) is 6.54 Å². The molecule has 0 bridgehead atoms. The summed E-state index contributed by atoms with van der Waals surface area (Å²) in [6.45, 7) is 2.57. The van der Waals surface area contributed by atoms with Crippen molar-refractivity contribution in [1.82, 2.24) is 15.0 Å². The van der Waals surface area contributed by atoms with Crippen molar-refractivity contribution in [2.75, 3.05) is 7.05 Å². The van der Waals surface area contributed by atoms with Crippen LogP contribution in [-0.4, -0.2) is 22.1 Å². The highest BCUT2D eigenvalue weighted by molar-refractivity contribution is 9.10. The average Bonchev–Trinajstić information content (AvgIpc) is 3.03. The van der Waals surface area contributed by atoms with Gasteiger partial charge in [-0.15, -0.1) is 0 Å². The van der Waals surface area contributed by atoms with Crippen molar-refractivity contribution < 1.29 is 8.91 Å². The van der Waals surface area contributed by atoms with Crippen LogP contribution in [0.2, 0.25) is 0 Å². The predicted octanol–water partition coefficient (Wildman–Crippen LogP) is 4.83. The van der Waals surface area contributed by atoms with Crippen molar-refractivity contribution in [2.45, 2.75) is 19.5 Å². The lowest BCUT2D eigenvalue weighted by Crippen LogP contribution is -2.22. The van der Waals surface area contributed by atoms with Crippen LogP contribution < -0.4 is 0 Å². The van der Waals surface area contributed by atoms with E-state index in [1.165, 1.54) is 12.1 Å². The second-order valence-corrected chi connectivity index (χ2v) is 6.58. The Labute approximate surface area is 148 Å². The smallest absolute Gasteiger partial charge is 0.241 e. The van der Waals surface area contributed by atoms with E-state index in [2.05, 4.69) is 37.9 Å². The Hall–Kier alpha value is -2.05. The van der Waals surface area contributed by atoms with Crippen molar-refractivity contribution in [3.8, 4) is 11.4 Å². The van der Waals surface area contributed by atoms with Gasteiger partial charge in [0.2, 0.25) is 11.7 Å². The largest absolute Gasteiger partial charge is 0.338 e. The van der Waals surface area contributed by atoms with Crippen molar-refractivity contribution in [1.29, 1.82) is 0 Å². The Balaban J connectivity index is 1.71. The van der Waals surface area contributed by atoms with Gasteiger partial charge in [0, 0.05) is 16.1 Å². The standard InChI is InChI=1S/C18H17BrFN3O/c1-12(13-6-8-16(20)9-7-13)23(2)11-17-21-18(22-24-17)14-4-3-5-15(19)10-14/h3-10,12H,11H2,1-2H3. The van der Waals surface area contributed by atoms with E-state index in [9.17, 15) is 4.39 Å². The summed E-state index contributed by atoms with van der Waals surface area (Å²) in [7, 11) is 1.97. The summed E-state index contributed by atoms with van der Waals surface area (Å²) in [6, 6.07) is 14.4. The molecule has 0 radical (unpaired) electrons. The van der Waals surface area contributed by atoms with Gasteiger partial charge >= 0.3 is 0 Å². The maximum Gasteiger partial charge on any atom is 0.241 e. The third kappa shape index (κ3) is 3.88. The lowest BCUT2D eigenvalue weighted by atomic mass is 10.1. The first-order valence-corrected chi connectivity index (χ1v) is 8.36. The maximum absolute atomic E-state index is 13.0. The molecule has 1 unspecified atom stereocenters. The summed E-state index contributed by atoms with van der Waals surface area (Å²) in [5.74, 6) is 0.875. The van der Waals surface area contributed by atoms with E-state index >= 15 is 0 Å². The molecular formula is C18H17BrFN3O. The van der Waals surface area contributed by atoms with Gasteiger partial charge in [0.15, 0.2) is 0 Å². The molecule has 3 aromatic rings. The zero-order chi connectivity index (χ0) is 17.1. The molecular weight excluding hydrogens is 373 g/mol. The molecule has 6 heteroatoms. The summed E-state index contributed by atoms with van der Waals surface area (Å²) in [5.41, 5.74) is 1.93. The fourth-order valence-electron chi connectivity index (χ4n) is 2.41. The maximum atomic E-state index is 13.0. The summed E-state index contributed by atoms with van der Waals surface area (Å²) >= 11 is 3.44. The first kappa shape index (κ1) is 16.8. The highest BCUT2D eigenvalue weighted by Crippen LogP contribution is 2.23. The molecule has 124 valence electrons. The van der Waals surface area contributed by atoms with Crippen LogP contribution in [0.5, 0.6) is 0 Å². The highest BCUT2D eigenvalue weighted by atomic mass is 79.9. The summed E-state index contributed by atoms with van der Waals surface area (Å²) < 4.78 is 19.4. The topological polar surface area (TPSA) is 42.2 Å². The molecule has 0 N–H and O–H groups in total. The normalized spacial score (nSPS) is 12.5. The van der Waals surface area contributed by atoms with Crippen LogP contribution in [0.15, 0.2) is 57.5 Å². The summed E-state index contributed by atoms with van der Waals surface area (Å²) in [5, 5.41) is 4.04. The lowest BCUT2D eigenvalue weighted by Gasteiger charge is -2.23. The minimum Gasteiger partial charge on any atom is -0.338 e. The Kier molecular flexibility index (Phi) is 5.06. The number of hydrogen-bond donors (Lipinski definition) is 0. The van der Waals surface area contributed by atoms with E-state index < -0.39 is 0 Å². The van der Waals surface area contributed by atoms with Gasteiger partial charge in [-0.05, 0) is 43.8 Å². The molecule has 0 saturated heterocycles. The van der Waals surface area contributed by atoms with Gasteiger partial charge in [0.1, 0.15) is 5.82 Å². The monoisotopic (exact) mass is 389 g/mol. The van der Waals surface area contributed by atoms with Gasteiger partial charge in [-0.2, -0.15) is 4.98 Å². The van der Waals surface area contributed by atoms with Gasteiger partial charge in [-0.25, -0.2) is 4.39 Å². The SMILES string of the molecule is CC(c1ccc(F)cc1)N(C)Cc1nc(-c2cccc(Br)c2)no1. The van der Waals surface area contributed by atoms with E-state index in [0.717, 1.165) is 15.6 Å². The molecule has 1 aromatic heterocycles. The van der Waals surface area contributed by atoms with E-state index in [0.29, 0.717) is 18.3 Å². The van der Waals surface area contributed by atoms with Gasteiger partial charge < -0.3 is 4.52 Å². The van der Waals surface area contributed by atoms with E-state index in [4.69, 9.17) is 4.52 Å². The molecule has 24 heavy (non-hydrogen) atoms. The predicted molar refractivity (Wildman–Crippen MR) is 93.7 cm³/mol. The molecule has 0 aliphatic rings. The minimum absolute atomic E-state index is 0.104. The van der Waals surface area contributed by atoms with Crippen LogP contribution in [0.3, 0.4) is 0 Å². The molecule has 0 aliphatic heterocycles. The molecule has 1 atom stereocenters. The van der Waals surface area contributed by atoms with Crippen molar-refractivity contribution >= 4 is 15.9 Å². The van der Waals surface area contributed by atoms with Gasteiger partial charge in [-0.3, -0.25) is 4.90 Å². The van der Waals surface area contributed by atoms with Crippen LogP contribution >= 0.6 is 15.9 Å². The highest BCUT2D eigenvalue weighted by Gasteiger charge is 2.16. The molecule has 0 aliphatic carbocycles. The van der Waals surface area contributed by atoms with E-state index in [-0.39, 0.29) is 11.9 Å². The zero-order valence-electron chi connectivity index (χ0n) is 13.4. The third-order valence-corrected chi connectivity index (χ3v) is 4.44. The first-order chi connectivity index (χ1) is 11.5. The number of hydrogen-bond acceptors (Lipinski definition) is 4. The second kappa shape index (κ2) is 7.23. The average molecular weight is 390 g/mol. The molecule has 4 nitrogen and oxygen atoms in total. The first-order valence-electron chi connectivity index (χ1n) is 7.57. The zero-order valence-corrected chi connectivity index (χ0v) is 15.0. The fourth-order valence-corrected chi connectivity index (χ4v) is 2.81. The van der Waals surface area contributed by atoms with Crippen LogP contribution in [0.1, 0.15) is 24.4 Å². The fraction of sp³-hybridized carbons (Fsp3) is 0.222. The quantitative estimate of drug-likeness (QED) is 0.626. The molecule has 0 saturated carbocycles. The Bertz CT molecular complexity index is 819. The number of aromatic nitrogens is 2. The molecule has 3 rings (SSSR count). The molecule has 1 heterocycles. The van der Waals surface area contributed by atoms with Gasteiger partial charge in [0.25, 0.3) is 0 Å². The number of nitrogens with zero attached hydrogens (tertiary/aromatic N) is 3. The van der Waals surface area contributed by atoms with E-state index in [1.54, 1.807) is 12.1 Å².